The summed E-state index contributed by atoms with van der Waals surface area (Å²) < 4.78 is 18.2. The Morgan fingerprint density at radius 2 is 2.10 bits per heavy atom. The molecule has 1 unspecified atom stereocenters. The summed E-state index contributed by atoms with van der Waals surface area (Å²) in [5.41, 5.74) is 1.17. The average molecular weight is 309 g/mol. The molecule has 0 radical (unpaired) electrons. The number of aliphatic carboxylic acids is 1. The Hall–Kier alpha value is -2.07. The van der Waals surface area contributed by atoms with Crippen molar-refractivity contribution in [2.24, 2.45) is 0 Å². The molecule has 2 aromatic carbocycles. The van der Waals surface area contributed by atoms with E-state index in [1.807, 2.05) is 0 Å². The van der Waals surface area contributed by atoms with Crippen molar-refractivity contribution in [2.75, 3.05) is 7.11 Å². The first kappa shape index (κ1) is 15.3. The largest absolute Gasteiger partial charge is 0.495 e. The zero-order chi connectivity index (χ0) is 15.4. The van der Waals surface area contributed by atoms with E-state index in [1.165, 1.54) is 19.2 Å². The summed E-state index contributed by atoms with van der Waals surface area (Å²) in [6, 6.07) is 10.8. The molecule has 0 saturated heterocycles. The third kappa shape index (κ3) is 3.73. The molecule has 5 heteroatoms. The standard InChI is InChI=1S/C16H14ClFO3/c1-21-15-6-5-11(9-14(15)17)13(16(19)20)8-10-3-2-4-12(18)7-10/h2-7,9,13H,8H2,1H3,(H,19,20). The molecule has 3 nitrogen and oxygen atoms in total. The van der Waals surface area contributed by atoms with Crippen molar-refractivity contribution in [3.05, 3.63) is 64.4 Å². The number of benzene rings is 2. The van der Waals surface area contributed by atoms with Gasteiger partial charge in [-0.05, 0) is 41.8 Å². The minimum atomic E-state index is -0.986. The minimum Gasteiger partial charge on any atom is -0.495 e. The van der Waals surface area contributed by atoms with Crippen molar-refractivity contribution < 1.29 is 19.0 Å². The zero-order valence-corrected chi connectivity index (χ0v) is 12.1. The molecule has 110 valence electrons. The second-order valence-electron chi connectivity index (χ2n) is 4.62. The molecule has 0 aromatic heterocycles. The predicted octanol–water partition coefficient (Wildman–Crippen LogP) is 3.90. The van der Waals surface area contributed by atoms with Gasteiger partial charge in [0.1, 0.15) is 11.6 Å². The van der Waals surface area contributed by atoms with Gasteiger partial charge in [0, 0.05) is 0 Å². The normalized spacial score (nSPS) is 12.0. The van der Waals surface area contributed by atoms with Gasteiger partial charge in [0.25, 0.3) is 0 Å². The summed E-state index contributed by atoms with van der Waals surface area (Å²) >= 11 is 6.03. The van der Waals surface area contributed by atoms with Gasteiger partial charge in [0.2, 0.25) is 0 Å². The third-order valence-electron chi connectivity index (χ3n) is 3.21. The number of hydrogen-bond donors (Lipinski definition) is 1. The van der Waals surface area contributed by atoms with Crippen LogP contribution in [0.2, 0.25) is 5.02 Å². The number of carboxylic acid groups (broad SMARTS) is 1. The Kier molecular flexibility index (Phi) is 4.81. The fraction of sp³-hybridized carbons (Fsp3) is 0.188. The highest BCUT2D eigenvalue weighted by atomic mass is 35.5. The number of carbonyl (C=O) groups is 1. The van der Waals surface area contributed by atoms with E-state index in [4.69, 9.17) is 16.3 Å². The molecule has 0 aliphatic rings. The molecule has 0 heterocycles. The molecular formula is C16H14ClFO3. The summed E-state index contributed by atoms with van der Waals surface area (Å²) in [7, 11) is 1.49. The highest BCUT2D eigenvalue weighted by molar-refractivity contribution is 6.32. The van der Waals surface area contributed by atoms with Crippen LogP contribution in [0.5, 0.6) is 5.75 Å². The van der Waals surface area contributed by atoms with E-state index < -0.39 is 11.9 Å². The fourth-order valence-electron chi connectivity index (χ4n) is 2.15. The molecular weight excluding hydrogens is 295 g/mol. The van der Waals surface area contributed by atoms with Crippen molar-refractivity contribution in [2.45, 2.75) is 12.3 Å². The van der Waals surface area contributed by atoms with Crippen LogP contribution in [0.4, 0.5) is 4.39 Å². The van der Waals surface area contributed by atoms with Crippen LogP contribution < -0.4 is 4.74 Å². The lowest BCUT2D eigenvalue weighted by Crippen LogP contribution is -2.14. The van der Waals surface area contributed by atoms with E-state index >= 15 is 0 Å². The maximum Gasteiger partial charge on any atom is 0.311 e. The van der Waals surface area contributed by atoms with E-state index in [9.17, 15) is 14.3 Å². The quantitative estimate of drug-likeness (QED) is 0.911. The van der Waals surface area contributed by atoms with Crippen molar-refractivity contribution in [1.29, 1.82) is 0 Å². The number of ether oxygens (including phenoxy) is 1. The highest BCUT2D eigenvalue weighted by Gasteiger charge is 2.21. The summed E-state index contributed by atoms with van der Waals surface area (Å²) in [5.74, 6) is -1.68. The molecule has 1 atom stereocenters. The van der Waals surface area contributed by atoms with Crippen molar-refractivity contribution >= 4 is 17.6 Å². The maximum atomic E-state index is 13.2. The number of hydrogen-bond acceptors (Lipinski definition) is 2. The van der Waals surface area contributed by atoms with Gasteiger partial charge in [0.15, 0.2) is 0 Å². The zero-order valence-electron chi connectivity index (χ0n) is 11.3. The van der Waals surface area contributed by atoms with Crippen molar-refractivity contribution in [3.63, 3.8) is 0 Å². The first-order valence-corrected chi connectivity index (χ1v) is 6.69. The van der Waals surface area contributed by atoms with Gasteiger partial charge in [-0.1, -0.05) is 29.8 Å². The molecule has 0 amide bonds. The van der Waals surface area contributed by atoms with Crippen LogP contribution in [0, 0.1) is 5.82 Å². The first-order valence-electron chi connectivity index (χ1n) is 6.32. The first-order chi connectivity index (χ1) is 10.0. The smallest absolute Gasteiger partial charge is 0.311 e. The summed E-state index contributed by atoms with van der Waals surface area (Å²) in [4.78, 5) is 11.5. The summed E-state index contributed by atoms with van der Waals surface area (Å²) in [6.07, 6.45) is 0.190. The second-order valence-corrected chi connectivity index (χ2v) is 5.03. The van der Waals surface area contributed by atoms with Crippen LogP contribution >= 0.6 is 11.6 Å². The third-order valence-corrected chi connectivity index (χ3v) is 3.50. The Labute approximate surface area is 126 Å². The Balaban J connectivity index is 2.31. The van der Waals surface area contributed by atoms with Gasteiger partial charge in [-0.25, -0.2) is 4.39 Å². The molecule has 0 bridgehead atoms. The monoisotopic (exact) mass is 308 g/mol. The molecule has 0 fully saturated rings. The molecule has 0 spiro atoms. The van der Waals surface area contributed by atoms with Crippen LogP contribution in [0.25, 0.3) is 0 Å². The summed E-state index contributed by atoms with van der Waals surface area (Å²) in [6.45, 7) is 0. The Morgan fingerprint density at radius 1 is 1.33 bits per heavy atom. The van der Waals surface area contributed by atoms with Crippen LogP contribution in [-0.2, 0) is 11.2 Å². The van der Waals surface area contributed by atoms with Gasteiger partial charge in [0.05, 0.1) is 18.1 Å². The van der Waals surface area contributed by atoms with Gasteiger partial charge < -0.3 is 9.84 Å². The topological polar surface area (TPSA) is 46.5 Å². The Bertz CT molecular complexity index is 658. The number of carboxylic acids is 1. The lowest BCUT2D eigenvalue weighted by atomic mass is 9.92. The SMILES string of the molecule is COc1ccc(C(Cc2cccc(F)c2)C(=O)O)cc1Cl. The van der Waals surface area contributed by atoms with Gasteiger partial charge in [-0.2, -0.15) is 0 Å². The molecule has 0 aliphatic carbocycles. The van der Waals surface area contributed by atoms with Crippen LogP contribution in [0.1, 0.15) is 17.0 Å². The van der Waals surface area contributed by atoms with E-state index in [2.05, 4.69) is 0 Å². The van der Waals surface area contributed by atoms with Crippen molar-refractivity contribution in [3.8, 4) is 5.75 Å². The molecule has 2 aromatic rings. The number of halogens is 2. The van der Waals surface area contributed by atoms with Crippen LogP contribution in [-0.4, -0.2) is 18.2 Å². The second kappa shape index (κ2) is 6.59. The van der Waals surface area contributed by atoms with Gasteiger partial charge >= 0.3 is 5.97 Å². The number of methoxy groups -OCH3 is 1. The lowest BCUT2D eigenvalue weighted by molar-refractivity contribution is -0.138. The van der Waals surface area contributed by atoms with Crippen molar-refractivity contribution in [1.82, 2.24) is 0 Å². The molecule has 2 rings (SSSR count). The van der Waals surface area contributed by atoms with Gasteiger partial charge in [-0.15, -0.1) is 0 Å². The van der Waals surface area contributed by atoms with Crippen LogP contribution in [0.15, 0.2) is 42.5 Å². The Morgan fingerprint density at radius 3 is 2.67 bits per heavy atom. The fourth-order valence-corrected chi connectivity index (χ4v) is 2.41. The van der Waals surface area contributed by atoms with E-state index in [0.29, 0.717) is 21.9 Å². The number of rotatable bonds is 5. The van der Waals surface area contributed by atoms with Crippen LogP contribution in [0.3, 0.4) is 0 Å². The average Bonchev–Trinajstić information content (AvgIpc) is 2.44. The predicted molar refractivity (Wildman–Crippen MR) is 78.5 cm³/mol. The van der Waals surface area contributed by atoms with E-state index in [1.54, 1.807) is 30.3 Å². The molecule has 21 heavy (non-hydrogen) atoms. The van der Waals surface area contributed by atoms with E-state index in [-0.39, 0.29) is 12.2 Å². The summed E-state index contributed by atoms with van der Waals surface area (Å²) in [5, 5.41) is 9.75. The van der Waals surface area contributed by atoms with E-state index in [0.717, 1.165) is 0 Å². The molecule has 1 N–H and O–H groups in total. The maximum absolute atomic E-state index is 13.2. The minimum absolute atomic E-state index is 0.190. The molecule has 0 aliphatic heterocycles. The highest BCUT2D eigenvalue weighted by Crippen LogP contribution is 2.30. The molecule has 0 saturated carbocycles. The lowest BCUT2D eigenvalue weighted by Gasteiger charge is -2.14. The van der Waals surface area contributed by atoms with Gasteiger partial charge in [-0.3, -0.25) is 4.79 Å².